The quantitative estimate of drug-likeness (QED) is 0.481. The molecular weight excluding hydrogens is 160 g/mol. The second kappa shape index (κ2) is 3.43. The van der Waals surface area contributed by atoms with Crippen LogP contribution in [-0.2, 0) is 10.1 Å². The molecule has 0 aromatic carbocycles. The van der Waals surface area contributed by atoms with E-state index in [4.69, 9.17) is 4.55 Å². The maximum absolute atomic E-state index is 10.2. The van der Waals surface area contributed by atoms with Gasteiger partial charge in [0.2, 0.25) is 0 Å². The Morgan fingerprint density at radius 2 is 2.11 bits per heavy atom. The topological polar surface area (TPSA) is 54.4 Å². The van der Waals surface area contributed by atoms with Crippen LogP contribution in [0.3, 0.4) is 0 Å². The van der Waals surface area contributed by atoms with Crippen LogP contribution < -0.4 is 0 Å². The van der Waals surface area contributed by atoms with E-state index >= 15 is 0 Å². The third-order valence-corrected chi connectivity index (χ3v) is 2.55. The summed E-state index contributed by atoms with van der Waals surface area (Å²) in [5.41, 5.74) is 0. The van der Waals surface area contributed by atoms with E-state index in [0.29, 0.717) is 12.2 Å². The van der Waals surface area contributed by atoms with Gasteiger partial charge in [0.05, 0.1) is 5.25 Å². The first-order valence-electron chi connectivity index (χ1n) is 2.55. The molecule has 0 aliphatic heterocycles. The maximum atomic E-state index is 10.2. The highest BCUT2D eigenvalue weighted by molar-refractivity contribution is 7.86. The van der Waals surface area contributed by atoms with Crippen molar-refractivity contribution in [1.82, 2.24) is 0 Å². The van der Waals surface area contributed by atoms with Gasteiger partial charge in [-0.25, -0.2) is 0 Å². The van der Waals surface area contributed by atoms with Crippen LogP contribution in [0.15, 0.2) is 0 Å². The molecule has 0 heterocycles. The minimum Gasteiger partial charge on any atom is -0.285 e. The Kier molecular flexibility index (Phi) is 3.53. The molecule has 0 radical (unpaired) electrons. The zero-order valence-electron chi connectivity index (χ0n) is 5.11. The summed E-state index contributed by atoms with van der Waals surface area (Å²) in [5.74, 6) is 0.473. The molecular formula is C4H10O3S2. The highest BCUT2D eigenvalue weighted by Crippen LogP contribution is 2.02. The van der Waals surface area contributed by atoms with E-state index in [2.05, 4.69) is 12.6 Å². The van der Waals surface area contributed by atoms with E-state index in [1.807, 2.05) is 0 Å². The Bertz CT molecular complexity index is 161. The molecule has 0 saturated carbocycles. The number of hydrogen-bond acceptors (Lipinski definition) is 3. The molecule has 0 amide bonds. The van der Waals surface area contributed by atoms with Gasteiger partial charge in [-0.2, -0.15) is 21.0 Å². The fourth-order valence-corrected chi connectivity index (χ4v) is 1.31. The molecule has 0 spiro atoms. The van der Waals surface area contributed by atoms with Crippen molar-refractivity contribution in [2.45, 2.75) is 18.6 Å². The zero-order valence-corrected chi connectivity index (χ0v) is 6.82. The maximum Gasteiger partial charge on any atom is 0.267 e. The third kappa shape index (κ3) is 3.77. The first kappa shape index (κ1) is 9.26. The van der Waals surface area contributed by atoms with Crippen LogP contribution >= 0.6 is 12.6 Å². The molecule has 1 atom stereocenters. The van der Waals surface area contributed by atoms with E-state index in [-0.39, 0.29) is 0 Å². The van der Waals surface area contributed by atoms with Crippen molar-refractivity contribution < 1.29 is 13.0 Å². The van der Waals surface area contributed by atoms with Crippen LogP contribution in [0.4, 0.5) is 0 Å². The van der Waals surface area contributed by atoms with Crippen LogP contribution in [0.25, 0.3) is 0 Å². The first-order chi connectivity index (χ1) is 3.98. The molecule has 9 heavy (non-hydrogen) atoms. The smallest absolute Gasteiger partial charge is 0.267 e. The van der Waals surface area contributed by atoms with Gasteiger partial charge in [-0.05, 0) is 19.1 Å². The lowest BCUT2D eigenvalue weighted by Crippen LogP contribution is -2.16. The van der Waals surface area contributed by atoms with Crippen molar-refractivity contribution >= 4 is 22.7 Å². The lowest BCUT2D eigenvalue weighted by atomic mass is 10.4. The van der Waals surface area contributed by atoms with Crippen molar-refractivity contribution in [3.05, 3.63) is 0 Å². The molecule has 0 rings (SSSR count). The van der Waals surface area contributed by atoms with Gasteiger partial charge in [0.1, 0.15) is 0 Å². The fraction of sp³-hybridized carbons (Fsp3) is 1.00. The van der Waals surface area contributed by atoms with Crippen LogP contribution in [0, 0.1) is 0 Å². The molecule has 0 aliphatic rings. The summed E-state index contributed by atoms with van der Waals surface area (Å²) in [4.78, 5) is 0. The highest BCUT2D eigenvalue weighted by Gasteiger charge is 2.14. The van der Waals surface area contributed by atoms with Crippen molar-refractivity contribution in [3.63, 3.8) is 0 Å². The second-order valence-electron chi connectivity index (χ2n) is 1.84. The van der Waals surface area contributed by atoms with Gasteiger partial charge in [-0.3, -0.25) is 4.55 Å². The summed E-state index contributed by atoms with van der Waals surface area (Å²) < 4.78 is 28.8. The van der Waals surface area contributed by atoms with E-state index in [1.165, 1.54) is 6.92 Å². The predicted molar refractivity (Wildman–Crippen MR) is 39.5 cm³/mol. The van der Waals surface area contributed by atoms with Gasteiger partial charge < -0.3 is 0 Å². The van der Waals surface area contributed by atoms with Gasteiger partial charge in [0.25, 0.3) is 10.1 Å². The molecule has 0 bridgehead atoms. The standard InChI is InChI=1S/C4H10O3S2/c1-4(2-3-8)9(5,6)7/h4,8H,2-3H2,1H3,(H,5,6,7). The molecule has 5 heteroatoms. The lowest BCUT2D eigenvalue weighted by molar-refractivity contribution is 0.469. The monoisotopic (exact) mass is 170 g/mol. The Morgan fingerprint density at radius 1 is 1.67 bits per heavy atom. The van der Waals surface area contributed by atoms with E-state index in [0.717, 1.165) is 0 Å². The van der Waals surface area contributed by atoms with E-state index < -0.39 is 15.4 Å². The molecule has 0 aliphatic carbocycles. The SMILES string of the molecule is CC(CCS)S(=O)(=O)O. The van der Waals surface area contributed by atoms with Crippen molar-refractivity contribution in [2.24, 2.45) is 0 Å². The third-order valence-electron chi connectivity index (χ3n) is 1.04. The van der Waals surface area contributed by atoms with Crippen LogP contribution in [-0.4, -0.2) is 24.0 Å². The summed E-state index contributed by atoms with van der Waals surface area (Å²) in [5, 5.41) is -0.685. The number of rotatable bonds is 3. The van der Waals surface area contributed by atoms with Gasteiger partial charge in [0.15, 0.2) is 0 Å². The summed E-state index contributed by atoms with van der Waals surface area (Å²) >= 11 is 3.82. The summed E-state index contributed by atoms with van der Waals surface area (Å²) in [6, 6.07) is 0. The normalized spacial score (nSPS) is 15.4. The van der Waals surface area contributed by atoms with Crippen molar-refractivity contribution in [3.8, 4) is 0 Å². The minimum absolute atomic E-state index is 0.391. The molecule has 56 valence electrons. The number of hydrogen-bond donors (Lipinski definition) is 2. The van der Waals surface area contributed by atoms with Gasteiger partial charge >= 0.3 is 0 Å². The largest absolute Gasteiger partial charge is 0.285 e. The average molecular weight is 170 g/mol. The lowest BCUT2D eigenvalue weighted by Gasteiger charge is -2.03. The zero-order chi connectivity index (χ0) is 7.49. The minimum atomic E-state index is -3.81. The van der Waals surface area contributed by atoms with Crippen molar-refractivity contribution in [1.29, 1.82) is 0 Å². The van der Waals surface area contributed by atoms with Gasteiger partial charge in [0, 0.05) is 0 Å². The Labute approximate surface area is 60.6 Å². The van der Waals surface area contributed by atoms with E-state index in [1.54, 1.807) is 0 Å². The molecule has 1 unspecified atom stereocenters. The molecule has 1 N–H and O–H groups in total. The summed E-state index contributed by atoms with van der Waals surface area (Å²) in [6.45, 7) is 1.45. The highest BCUT2D eigenvalue weighted by atomic mass is 32.2. The number of thiol groups is 1. The second-order valence-corrected chi connectivity index (χ2v) is 4.12. The Hall–Kier alpha value is 0.260. The van der Waals surface area contributed by atoms with Crippen LogP contribution in [0.5, 0.6) is 0 Å². The van der Waals surface area contributed by atoms with Gasteiger partial charge in [-0.1, -0.05) is 0 Å². The molecule has 0 fully saturated rings. The predicted octanol–water partition coefficient (Wildman–Crippen LogP) is 0.583. The van der Waals surface area contributed by atoms with Gasteiger partial charge in [-0.15, -0.1) is 0 Å². The Morgan fingerprint density at radius 3 is 2.22 bits per heavy atom. The molecule has 0 saturated heterocycles. The molecule has 3 nitrogen and oxygen atoms in total. The van der Waals surface area contributed by atoms with Crippen LogP contribution in [0.2, 0.25) is 0 Å². The van der Waals surface area contributed by atoms with Crippen molar-refractivity contribution in [2.75, 3.05) is 5.75 Å². The summed E-state index contributed by atoms with van der Waals surface area (Å²) in [6.07, 6.45) is 0.391. The van der Waals surface area contributed by atoms with Crippen LogP contribution in [0.1, 0.15) is 13.3 Å². The molecule has 0 aromatic rings. The first-order valence-corrected chi connectivity index (χ1v) is 4.69. The Balaban J connectivity index is 3.90. The average Bonchev–Trinajstić information content (AvgIpc) is 1.64. The molecule has 0 aromatic heterocycles. The fourth-order valence-electron chi connectivity index (χ4n) is 0.331. The van der Waals surface area contributed by atoms with E-state index in [9.17, 15) is 8.42 Å². The summed E-state index contributed by atoms with van der Waals surface area (Å²) in [7, 11) is -3.81.